The Hall–Kier alpha value is -3.71. The van der Waals surface area contributed by atoms with E-state index in [0.717, 1.165) is 0 Å². The van der Waals surface area contributed by atoms with Crippen LogP contribution in [0.25, 0.3) is 0 Å². The van der Waals surface area contributed by atoms with Gasteiger partial charge in [0.05, 0.1) is 17.6 Å². The minimum absolute atomic E-state index is 0.108. The summed E-state index contributed by atoms with van der Waals surface area (Å²) in [6.07, 6.45) is 0. The smallest absolute Gasteiger partial charge is 0.311 e. The fourth-order valence-corrected chi connectivity index (χ4v) is 4.32. The number of rotatable bonds is 7. The highest BCUT2D eigenvalue weighted by Crippen LogP contribution is 2.31. The van der Waals surface area contributed by atoms with Crippen LogP contribution in [0.15, 0.2) is 78.9 Å². The summed E-state index contributed by atoms with van der Waals surface area (Å²) in [6, 6.07) is 25.3. The van der Waals surface area contributed by atoms with Gasteiger partial charge in [-0.3, -0.25) is 19.8 Å². The lowest BCUT2D eigenvalue weighted by molar-refractivity contribution is -0.385. The second kappa shape index (κ2) is 10.3. The van der Waals surface area contributed by atoms with Gasteiger partial charge in [-0.2, -0.15) is 0 Å². The number of nitro benzene ring substituents is 1. The Kier molecular flexibility index (Phi) is 7.00. The Morgan fingerprint density at radius 2 is 1.52 bits per heavy atom. The van der Waals surface area contributed by atoms with Gasteiger partial charge in [0.25, 0.3) is 5.91 Å². The molecule has 0 bridgehead atoms. The monoisotopic (exact) mass is 445 g/mol. The molecule has 0 spiro atoms. The maximum absolute atomic E-state index is 13.1. The minimum Gasteiger partial charge on any atom is -0.487 e. The predicted octanol–water partition coefficient (Wildman–Crippen LogP) is 4.54. The highest BCUT2D eigenvalue weighted by Gasteiger charge is 2.29. The standard InChI is InChI=1S/C26H27N3O4/c1-2-33-24-14-13-22(19-23(24)29(31)32)26(30)28-17-15-27(16-18-28)25(20-9-5-3-6-10-20)21-11-7-4-8-12-21/h3-14,19,25H,2,15-18H2,1H3. The first-order valence-electron chi connectivity index (χ1n) is 11.1. The van der Waals surface area contributed by atoms with E-state index in [2.05, 4.69) is 29.2 Å². The Morgan fingerprint density at radius 3 is 2.03 bits per heavy atom. The van der Waals surface area contributed by atoms with Crippen molar-refractivity contribution in [2.75, 3.05) is 32.8 Å². The lowest BCUT2D eigenvalue weighted by atomic mass is 9.96. The maximum atomic E-state index is 13.1. The average Bonchev–Trinajstić information content (AvgIpc) is 2.86. The molecule has 1 aliphatic rings. The quantitative estimate of drug-likeness (QED) is 0.394. The van der Waals surface area contributed by atoms with Gasteiger partial charge in [-0.1, -0.05) is 60.7 Å². The van der Waals surface area contributed by atoms with Gasteiger partial charge < -0.3 is 9.64 Å². The van der Waals surface area contributed by atoms with Crippen molar-refractivity contribution in [2.45, 2.75) is 13.0 Å². The van der Waals surface area contributed by atoms with Crippen molar-refractivity contribution in [3.8, 4) is 5.75 Å². The van der Waals surface area contributed by atoms with Gasteiger partial charge in [0.15, 0.2) is 5.75 Å². The fraction of sp³-hybridized carbons (Fsp3) is 0.269. The zero-order valence-corrected chi connectivity index (χ0v) is 18.6. The number of nitro groups is 1. The van der Waals surface area contributed by atoms with E-state index in [0.29, 0.717) is 38.3 Å². The molecule has 0 radical (unpaired) electrons. The molecule has 3 aromatic carbocycles. The van der Waals surface area contributed by atoms with Crippen LogP contribution in [0.3, 0.4) is 0 Å². The molecule has 0 N–H and O–H groups in total. The summed E-state index contributed by atoms with van der Waals surface area (Å²) >= 11 is 0. The van der Waals surface area contributed by atoms with Crippen LogP contribution >= 0.6 is 0 Å². The molecule has 1 fully saturated rings. The SMILES string of the molecule is CCOc1ccc(C(=O)N2CCN(C(c3ccccc3)c3ccccc3)CC2)cc1[N+](=O)[O-]. The van der Waals surface area contributed by atoms with Gasteiger partial charge in [0, 0.05) is 37.8 Å². The zero-order chi connectivity index (χ0) is 23.2. The fourth-order valence-electron chi connectivity index (χ4n) is 4.32. The molecule has 3 aromatic rings. The first-order valence-corrected chi connectivity index (χ1v) is 11.1. The number of amides is 1. The molecule has 0 aromatic heterocycles. The molecule has 33 heavy (non-hydrogen) atoms. The minimum atomic E-state index is -0.510. The number of carbonyl (C=O) groups is 1. The highest BCUT2D eigenvalue weighted by atomic mass is 16.6. The van der Waals surface area contributed by atoms with Crippen LogP contribution in [0.1, 0.15) is 34.5 Å². The highest BCUT2D eigenvalue weighted by molar-refractivity contribution is 5.95. The molecule has 0 unspecified atom stereocenters. The molecule has 1 heterocycles. The number of carbonyl (C=O) groups excluding carboxylic acids is 1. The van der Waals surface area contributed by atoms with E-state index in [9.17, 15) is 14.9 Å². The third-order valence-corrected chi connectivity index (χ3v) is 5.90. The molecular formula is C26H27N3O4. The Labute approximate surface area is 193 Å². The molecule has 4 rings (SSSR count). The van der Waals surface area contributed by atoms with Crippen LogP contribution in [0.2, 0.25) is 0 Å². The van der Waals surface area contributed by atoms with Gasteiger partial charge in [0.2, 0.25) is 0 Å². The number of ether oxygens (including phenoxy) is 1. The van der Waals surface area contributed by atoms with Crippen molar-refractivity contribution in [3.63, 3.8) is 0 Å². The molecule has 0 atom stereocenters. The van der Waals surface area contributed by atoms with Crippen LogP contribution in [-0.2, 0) is 0 Å². The van der Waals surface area contributed by atoms with E-state index in [-0.39, 0.29) is 23.4 Å². The van der Waals surface area contributed by atoms with Gasteiger partial charge in [0.1, 0.15) is 0 Å². The third-order valence-electron chi connectivity index (χ3n) is 5.90. The van der Waals surface area contributed by atoms with E-state index < -0.39 is 4.92 Å². The van der Waals surface area contributed by atoms with Crippen LogP contribution in [0, 0.1) is 10.1 Å². The number of nitrogens with zero attached hydrogens (tertiary/aromatic N) is 3. The molecule has 0 aliphatic carbocycles. The summed E-state index contributed by atoms with van der Waals surface area (Å²) < 4.78 is 5.33. The molecule has 7 heteroatoms. The lowest BCUT2D eigenvalue weighted by Crippen LogP contribution is -2.49. The molecule has 0 saturated carbocycles. The second-order valence-electron chi connectivity index (χ2n) is 7.92. The van der Waals surface area contributed by atoms with Gasteiger partial charge >= 0.3 is 5.69 Å². The lowest BCUT2D eigenvalue weighted by Gasteiger charge is -2.39. The van der Waals surface area contributed by atoms with Gasteiger partial charge in [-0.15, -0.1) is 0 Å². The largest absolute Gasteiger partial charge is 0.487 e. The number of benzene rings is 3. The van der Waals surface area contributed by atoms with Crippen molar-refractivity contribution in [3.05, 3.63) is 106 Å². The van der Waals surface area contributed by atoms with E-state index in [1.165, 1.54) is 23.3 Å². The molecule has 170 valence electrons. The summed E-state index contributed by atoms with van der Waals surface area (Å²) in [5, 5.41) is 11.4. The molecule has 1 amide bonds. The van der Waals surface area contributed by atoms with E-state index in [4.69, 9.17) is 4.74 Å². The second-order valence-corrected chi connectivity index (χ2v) is 7.92. The van der Waals surface area contributed by atoms with Crippen molar-refractivity contribution >= 4 is 11.6 Å². The van der Waals surface area contributed by atoms with Crippen molar-refractivity contribution in [1.29, 1.82) is 0 Å². The summed E-state index contributed by atoms with van der Waals surface area (Å²) in [4.78, 5) is 28.2. The maximum Gasteiger partial charge on any atom is 0.311 e. The number of hydrogen-bond acceptors (Lipinski definition) is 5. The molecule has 1 aliphatic heterocycles. The zero-order valence-electron chi connectivity index (χ0n) is 18.6. The van der Waals surface area contributed by atoms with Crippen LogP contribution in [0.5, 0.6) is 5.75 Å². The Bertz CT molecular complexity index is 1060. The van der Waals surface area contributed by atoms with E-state index in [1.54, 1.807) is 17.9 Å². The first-order chi connectivity index (χ1) is 16.1. The molecule has 7 nitrogen and oxygen atoms in total. The van der Waals surface area contributed by atoms with Crippen LogP contribution in [0.4, 0.5) is 5.69 Å². The molecular weight excluding hydrogens is 418 g/mol. The van der Waals surface area contributed by atoms with Crippen molar-refractivity contribution in [2.24, 2.45) is 0 Å². The Morgan fingerprint density at radius 1 is 0.939 bits per heavy atom. The summed E-state index contributed by atoms with van der Waals surface area (Å²) in [7, 11) is 0. The first kappa shape index (κ1) is 22.5. The van der Waals surface area contributed by atoms with E-state index in [1.807, 2.05) is 36.4 Å². The number of piperazine rings is 1. The summed E-state index contributed by atoms with van der Waals surface area (Å²) in [5.74, 6) is -0.0193. The van der Waals surface area contributed by atoms with Crippen molar-refractivity contribution < 1.29 is 14.5 Å². The van der Waals surface area contributed by atoms with Crippen molar-refractivity contribution in [1.82, 2.24) is 9.80 Å². The topological polar surface area (TPSA) is 75.9 Å². The van der Waals surface area contributed by atoms with Crippen LogP contribution in [-0.4, -0.2) is 53.4 Å². The third kappa shape index (κ3) is 5.04. The normalized spacial score (nSPS) is 14.3. The Balaban J connectivity index is 1.50. The van der Waals surface area contributed by atoms with Gasteiger partial charge in [-0.05, 0) is 30.2 Å². The molecule has 1 saturated heterocycles. The van der Waals surface area contributed by atoms with Gasteiger partial charge in [-0.25, -0.2) is 0 Å². The summed E-state index contributed by atoms with van der Waals surface area (Å²) in [6.45, 7) is 4.60. The van der Waals surface area contributed by atoms with Crippen LogP contribution < -0.4 is 4.74 Å². The summed E-state index contributed by atoms with van der Waals surface area (Å²) in [5.41, 5.74) is 2.55. The number of hydrogen-bond donors (Lipinski definition) is 0. The predicted molar refractivity (Wildman–Crippen MR) is 126 cm³/mol. The average molecular weight is 446 g/mol. The van der Waals surface area contributed by atoms with E-state index >= 15 is 0 Å².